The molecule has 1 aromatic carbocycles. The number of rotatable bonds is 5. The average molecular weight is 226 g/mol. The summed E-state index contributed by atoms with van der Waals surface area (Å²) in [5.74, 6) is -0.361. The first-order chi connectivity index (χ1) is 7.08. The molecule has 15 heavy (non-hydrogen) atoms. The van der Waals surface area contributed by atoms with Crippen LogP contribution >= 0.6 is 11.8 Å². The van der Waals surface area contributed by atoms with Crippen LogP contribution in [0.5, 0.6) is 5.75 Å². The average Bonchev–Trinajstić information content (AvgIpc) is 2.14. The number of aliphatic carboxylic acids is 1. The fourth-order valence-electron chi connectivity index (χ4n) is 1.05. The molecule has 0 saturated heterocycles. The number of benzene rings is 1. The number of hydrogen-bond donors (Lipinski definition) is 1. The lowest BCUT2D eigenvalue weighted by atomic mass is 10.3. The van der Waals surface area contributed by atoms with Crippen molar-refractivity contribution in [3.63, 3.8) is 0 Å². The van der Waals surface area contributed by atoms with Crippen molar-refractivity contribution in [2.24, 2.45) is 0 Å². The Balaban J connectivity index is 2.61. The van der Waals surface area contributed by atoms with Crippen molar-refractivity contribution < 1.29 is 14.6 Å². The van der Waals surface area contributed by atoms with E-state index in [9.17, 15) is 4.79 Å². The second kappa shape index (κ2) is 5.66. The minimum absolute atomic E-state index is 0.296. The summed E-state index contributed by atoms with van der Waals surface area (Å²) in [6, 6.07) is 7.46. The Bertz CT molecular complexity index is 336. The third kappa shape index (κ3) is 4.74. The summed E-state index contributed by atoms with van der Waals surface area (Å²) < 4.78 is 5.08. The van der Waals surface area contributed by atoms with Crippen LogP contribution < -0.4 is 4.74 Å². The second-order valence-electron chi connectivity index (χ2n) is 3.32. The Labute approximate surface area is 93.4 Å². The van der Waals surface area contributed by atoms with Crippen molar-refractivity contribution in [1.29, 1.82) is 0 Å². The van der Waals surface area contributed by atoms with Gasteiger partial charge in [-0.3, -0.25) is 0 Å². The van der Waals surface area contributed by atoms with Crippen molar-refractivity contribution in [2.75, 3.05) is 6.61 Å². The van der Waals surface area contributed by atoms with Crippen molar-refractivity contribution in [1.82, 2.24) is 0 Å². The predicted octanol–water partition coefficient (Wildman–Crippen LogP) is 2.65. The first-order valence-corrected chi connectivity index (χ1v) is 5.57. The van der Waals surface area contributed by atoms with Crippen LogP contribution in [0.1, 0.15) is 13.8 Å². The minimum atomic E-state index is -0.961. The van der Waals surface area contributed by atoms with E-state index in [1.54, 1.807) is 17.8 Å². The molecule has 0 amide bonds. The van der Waals surface area contributed by atoms with E-state index in [0.29, 0.717) is 11.0 Å². The normalized spacial score (nSPS) is 10.3. The highest BCUT2D eigenvalue weighted by atomic mass is 32.2. The lowest BCUT2D eigenvalue weighted by Crippen LogP contribution is -2.09. The Hall–Kier alpha value is -1.16. The summed E-state index contributed by atoms with van der Waals surface area (Å²) in [7, 11) is 0. The maximum absolute atomic E-state index is 10.3. The predicted molar refractivity (Wildman–Crippen MR) is 60.6 cm³/mol. The molecule has 0 bridgehead atoms. The maximum atomic E-state index is 10.3. The Morgan fingerprint density at radius 2 is 2.27 bits per heavy atom. The summed E-state index contributed by atoms with van der Waals surface area (Å²) in [5, 5.41) is 8.96. The molecule has 1 N–H and O–H groups in total. The van der Waals surface area contributed by atoms with E-state index >= 15 is 0 Å². The van der Waals surface area contributed by atoms with Crippen LogP contribution in [0.15, 0.2) is 29.2 Å². The molecule has 0 atom stereocenters. The summed E-state index contributed by atoms with van der Waals surface area (Å²) in [5.41, 5.74) is 0. The molecule has 1 rings (SSSR count). The molecule has 1 aromatic rings. The van der Waals surface area contributed by atoms with Gasteiger partial charge in [-0.1, -0.05) is 19.9 Å². The van der Waals surface area contributed by atoms with Gasteiger partial charge in [0.05, 0.1) is 0 Å². The van der Waals surface area contributed by atoms with Gasteiger partial charge in [0.2, 0.25) is 0 Å². The van der Waals surface area contributed by atoms with Gasteiger partial charge in [-0.25, -0.2) is 4.79 Å². The Morgan fingerprint density at radius 3 is 2.87 bits per heavy atom. The van der Waals surface area contributed by atoms with E-state index in [1.807, 2.05) is 18.2 Å². The first-order valence-electron chi connectivity index (χ1n) is 4.69. The summed E-state index contributed by atoms with van der Waals surface area (Å²) in [6.07, 6.45) is 0. The number of hydrogen-bond acceptors (Lipinski definition) is 3. The molecule has 0 unspecified atom stereocenters. The lowest BCUT2D eigenvalue weighted by molar-refractivity contribution is -0.139. The fraction of sp³-hybridized carbons (Fsp3) is 0.364. The summed E-state index contributed by atoms with van der Waals surface area (Å²) in [4.78, 5) is 11.4. The van der Waals surface area contributed by atoms with Gasteiger partial charge in [-0.05, 0) is 18.2 Å². The van der Waals surface area contributed by atoms with Gasteiger partial charge in [0.25, 0.3) is 0 Å². The van der Waals surface area contributed by atoms with Gasteiger partial charge in [0, 0.05) is 10.1 Å². The van der Waals surface area contributed by atoms with E-state index in [1.165, 1.54) is 0 Å². The number of carbonyl (C=O) groups is 1. The Kier molecular flexibility index (Phi) is 4.49. The van der Waals surface area contributed by atoms with Crippen molar-refractivity contribution in [3.8, 4) is 5.75 Å². The molecule has 0 aliphatic rings. The van der Waals surface area contributed by atoms with Crippen LogP contribution in [0.25, 0.3) is 0 Å². The molecule has 82 valence electrons. The summed E-state index contributed by atoms with van der Waals surface area (Å²) in [6.45, 7) is 3.92. The standard InChI is InChI=1S/C11H14O3S/c1-8(2)15-10-5-3-4-9(6-10)14-7-11(12)13/h3-6,8H,7H2,1-2H3,(H,12,13). The fourth-order valence-corrected chi connectivity index (χ4v) is 1.94. The highest BCUT2D eigenvalue weighted by Crippen LogP contribution is 2.26. The number of ether oxygens (including phenoxy) is 1. The van der Waals surface area contributed by atoms with Gasteiger partial charge in [0.15, 0.2) is 6.61 Å². The molecule has 0 aromatic heterocycles. The van der Waals surface area contributed by atoms with E-state index in [-0.39, 0.29) is 6.61 Å². The third-order valence-corrected chi connectivity index (χ3v) is 2.54. The zero-order chi connectivity index (χ0) is 11.3. The van der Waals surface area contributed by atoms with E-state index in [2.05, 4.69) is 13.8 Å². The molecular formula is C11H14O3S. The zero-order valence-electron chi connectivity index (χ0n) is 8.77. The van der Waals surface area contributed by atoms with E-state index in [0.717, 1.165) is 4.90 Å². The van der Waals surface area contributed by atoms with Crippen LogP contribution in [0, 0.1) is 0 Å². The minimum Gasteiger partial charge on any atom is -0.482 e. The largest absolute Gasteiger partial charge is 0.482 e. The third-order valence-electron chi connectivity index (χ3n) is 1.54. The van der Waals surface area contributed by atoms with Crippen molar-refractivity contribution in [2.45, 2.75) is 24.0 Å². The molecule has 0 aliphatic carbocycles. The zero-order valence-corrected chi connectivity index (χ0v) is 9.58. The van der Waals surface area contributed by atoms with Crippen LogP contribution in [0.3, 0.4) is 0 Å². The molecular weight excluding hydrogens is 212 g/mol. The van der Waals surface area contributed by atoms with Gasteiger partial charge < -0.3 is 9.84 Å². The number of carboxylic acid groups (broad SMARTS) is 1. The maximum Gasteiger partial charge on any atom is 0.341 e. The molecule has 0 fully saturated rings. The van der Waals surface area contributed by atoms with Crippen LogP contribution in [-0.2, 0) is 4.79 Å². The molecule has 0 heterocycles. The number of carboxylic acids is 1. The first kappa shape index (κ1) is 11.9. The molecule has 3 nitrogen and oxygen atoms in total. The van der Waals surface area contributed by atoms with Crippen LogP contribution in [-0.4, -0.2) is 22.9 Å². The smallest absolute Gasteiger partial charge is 0.341 e. The molecule has 0 radical (unpaired) electrons. The van der Waals surface area contributed by atoms with E-state index in [4.69, 9.17) is 9.84 Å². The topological polar surface area (TPSA) is 46.5 Å². The molecule has 0 saturated carbocycles. The van der Waals surface area contributed by atoms with Crippen molar-refractivity contribution in [3.05, 3.63) is 24.3 Å². The second-order valence-corrected chi connectivity index (χ2v) is 4.97. The van der Waals surface area contributed by atoms with Gasteiger partial charge >= 0.3 is 5.97 Å². The summed E-state index contributed by atoms with van der Waals surface area (Å²) >= 11 is 1.72. The van der Waals surface area contributed by atoms with Gasteiger partial charge in [-0.2, -0.15) is 0 Å². The Morgan fingerprint density at radius 1 is 1.53 bits per heavy atom. The monoisotopic (exact) mass is 226 g/mol. The van der Waals surface area contributed by atoms with Crippen molar-refractivity contribution >= 4 is 17.7 Å². The highest BCUT2D eigenvalue weighted by Gasteiger charge is 2.02. The lowest BCUT2D eigenvalue weighted by Gasteiger charge is -2.07. The number of thioether (sulfide) groups is 1. The van der Waals surface area contributed by atoms with Crippen LogP contribution in [0.2, 0.25) is 0 Å². The van der Waals surface area contributed by atoms with Gasteiger partial charge in [-0.15, -0.1) is 11.8 Å². The molecule has 0 aliphatic heterocycles. The van der Waals surface area contributed by atoms with Gasteiger partial charge in [0.1, 0.15) is 5.75 Å². The van der Waals surface area contributed by atoms with Crippen LogP contribution in [0.4, 0.5) is 0 Å². The molecule has 4 heteroatoms. The molecule has 0 spiro atoms. The van der Waals surface area contributed by atoms with E-state index < -0.39 is 5.97 Å². The highest BCUT2D eigenvalue weighted by molar-refractivity contribution is 7.99. The quantitative estimate of drug-likeness (QED) is 0.784. The SMILES string of the molecule is CC(C)Sc1cccc(OCC(=O)O)c1.